The number of hydrogen-bond donors (Lipinski definition) is 2. The third-order valence-corrected chi connectivity index (χ3v) is 2.76. The molecule has 7 heteroatoms. The highest BCUT2D eigenvalue weighted by Gasteiger charge is 2.19. The van der Waals surface area contributed by atoms with Gasteiger partial charge in [-0.15, -0.1) is 0 Å². The Labute approximate surface area is 130 Å². The number of benzene rings is 1. The average Bonchev–Trinajstić information content (AvgIpc) is 2.36. The van der Waals surface area contributed by atoms with E-state index in [2.05, 4.69) is 27.8 Å². The lowest BCUT2D eigenvalue weighted by Gasteiger charge is -2.15. The van der Waals surface area contributed by atoms with Crippen LogP contribution < -0.4 is 15.8 Å². The molecule has 21 heavy (non-hydrogen) atoms. The largest absolute Gasteiger partial charge is 0.427 e. The van der Waals surface area contributed by atoms with Crippen LogP contribution in [0, 0.1) is 0 Å². The molecule has 0 aliphatic carbocycles. The average molecular weight is 355 g/mol. The SMILES string of the molecule is C=C(Br)C[C@H](NC(=O)c1cccc(OC(C)=O)c1)C(N)=O. The molecule has 0 radical (unpaired) electrons. The van der Waals surface area contributed by atoms with E-state index in [1.165, 1.54) is 19.1 Å². The van der Waals surface area contributed by atoms with Crippen LogP contribution in [-0.2, 0) is 9.59 Å². The second-order valence-electron chi connectivity index (χ2n) is 4.27. The highest BCUT2D eigenvalue weighted by Crippen LogP contribution is 2.15. The van der Waals surface area contributed by atoms with Crippen molar-refractivity contribution < 1.29 is 19.1 Å². The molecule has 1 atom stereocenters. The summed E-state index contributed by atoms with van der Waals surface area (Å²) in [6, 6.07) is 5.17. The van der Waals surface area contributed by atoms with E-state index in [0.29, 0.717) is 4.48 Å². The van der Waals surface area contributed by atoms with Crippen molar-refractivity contribution in [2.75, 3.05) is 0 Å². The second kappa shape index (κ2) is 7.58. The molecule has 0 aromatic heterocycles. The molecule has 0 saturated heterocycles. The van der Waals surface area contributed by atoms with E-state index >= 15 is 0 Å². The Morgan fingerprint density at radius 3 is 2.62 bits per heavy atom. The van der Waals surface area contributed by atoms with E-state index in [0.717, 1.165) is 0 Å². The number of primary amides is 1. The Bertz CT molecular complexity index is 586. The van der Waals surface area contributed by atoms with Crippen LogP contribution in [0.2, 0.25) is 0 Å². The van der Waals surface area contributed by atoms with Crippen molar-refractivity contribution in [3.05, 3.63) is 40.9 Å². The minimum atomic E-state index is -0.873. The van der Waals surface area contributed by atoms with Crippen molar-refractivity contribution in [1.82, 2.24) is 5.32 Å². The molecule has 1 aromatic rings. The van der Waals surface area contributed by atoms with E-state index in [-0.39, 0.29) is 17.7 Å². The molecule has 1 aromatic carbocycles. The summed E-state index contributed by atoms with van der Waals surface area (Å²) >= 11 is 3.12. The Morgan fingerprint density at radius 2 is 2.10 bits per heavy atom. The van der Waals surface area contributed by atoms with Crippen molar-refractivity contribution in [3.8, 4) is 5.75 Å². The van der Waals surface area contributed by atoms with E-state index < -0.39 is 23.8 Å². The van der Waals surface area contributed by atoms with Gasteiger partial charge in [0, 0.05) is 18.9 Å². The number of hydrogen-bond acceptors (Lipinski definition) is 4. The standard InChI is InChI=1S/C14H15BrN2O4/c1-8(15)6-12(13(16)19)17-14(20)10-4-3-5-11(7-10)21-9(2)18/h3-5,7,12H,1,6H2,2H3,(H2,16,19)(H,17,20)/t12-/m0/s1. The fourth-order valence-electron chi connectivity index (χ4n) is 1.55. The zero-order valence-electron chi connectivity index (χ0n) is 11.4. The van der Waals surface area contributed by atoms with Gasteiger partial charge in [0.25, 0.3) is 5.91 Å². The lowest BCUT2D eigenvalue weighted by Crippen LogP contribution is -2.44. The fourth-order valence-corrected chi connectivity index (χ4v) is 1.88. The maximum absolute atomic E-state index is 12.1. The minimum absolute atomic E-state index is 0.185. The molecule has 0 fully saturated rings. The van der Waals surface area contributed by atoms with Crippen molar-refractivity contribution in [3.63, 3.8) is 0 Å². The van der Waals surface area contributed by atoms with Gasteiger partial charge in [-0.25, -0.2) is 0 Å². The summed E-state index contributed by atoms with van der Waals surface area (Å²) < 4.78 is 5.43. The number of esters is 1. The normalized spacial score (nSPS) is 11.3. The van der Waals surface area contributed by atoms with E-state index in [4.69, 9.17) is 10.5 Å². The molecule has 0 spiro atoms. The summed E-state index contributed by atoms with van der Waals surface area (Å²) in [6.07, 6.45) is 0.185. The minimum Gasteiger partial charge on any atom is -0.427 e. The molecule has 2 amide bonds. The van der Waals surface area contributed by atoms with Crippen LogP contribution in [0.25, 0.3) is 0 Å². The molecule has 0 saturated carbocycles. The van der Waals surface area contributed by atoms with Gasteiger partial charge in [-0.3, -0.25) is 14.4 Å². The molecular formula is C14H15BrN2O4. The van der Waals surface area contributed by atoms with Crippen LogP contribution in [0.1, 0.15) is 23.7 Å². The fraction of sp³-hybridized carbons (Fsp3) is 0.214. The van der Waals surface area contributed by atoms with Crippen LogP contribution in [0.3, 0.4) is 0 Å². The number of nitrogens with one attached hydrogen (secondary N) is 1. The molecular weight excluding hydrogens is 340 g/mol. The first-order chi connectivity index (χ1) is 9.79. The molecule has 0 bridgehead atoms. The summed E-state index contributed by atoms with van der Waals surface area (Å²) in [7, 11) is 0. The van der Waals surface area contributed by atoms with Gasteiger partial charge in [0.2, 0.25) is 5.91 Å². The maximum Gasteiger partial charge on any atom is 0.308 e. The highest BCUT2D eigenvalue weighted by atomic mass is 79.9. The van der Waals surface area contributed by atoms with E-state index in [1.54, 1.807) is 12.1 Å². The Morgan fingerprint density at radius 1 is 1.43 bits per heavy atom. The predicted octanol–water partition coefficient (Wildman–Crippen LogP) is 1.49. The third kappa shape index (κ3) is 5.78. The van der Waals surface area contributed by atoms with Gasteiger partial charge >= 0.3 is 5.97 Å². The van der Waals surface area contributed by atoms with Crippen LogP contribution in [-0.4, -0.2) is 23.8 Å². The van der Waals surface area contributed by atoms with Gasteiger partial charge < -0.3 is 15.8 Å². The Balaban J connectivity index is 2.84. The smallest absolute Gasteiger partial charge is 0.308 e. The first-order valence-corrected chi connectivity index (χ1v) is 6.81. The number of ether oxygens (including phenoxy) is 1. The molecule has 112 valence electrons. The van der Waals surface area contributed by atoms with Crippen molar-refractivity contribution in [1.29, 1.82) is 0 Å². The molecule has 0 heterocycles. The molecule has 6 nitrogen and oxygen atoms in total. The lowest BCUT2D eigenvalue weighted by molar-refractivity contribution is -0.131. The number of halogens is 1. The maximum atomic E-state index is 12.1. The highest BCUT2D eigenvalue weighted by molar-refractivity contribution is 9.11. The van der Waals surface area contributed by atoms with Gasteiger partial charge in [0.15, 0.2) is 0 Å². The first-order valence-electron chi connectivity index (χ1n) is 6.01. The molecule has 3 N–H and O–H groups in total. The lowest BCUT2D eigenvalue weighted by atomic mass is 10.1. The van der Waals surface area contributed by atoms with Gasteiger partial charge in [-0.05, 0) is 22.7 Å². The van der Waals surface area contributed by atoms with Crippen LogP contribution in [0.4, 0.5) is 0 Å². The quantitative estimate of drug-likeness (QED) is 0.597. The second-order valence-corrected chi connectivity index (χ2v) is 5.39. The molecule has 1 rings (SSSR count). The first kappa shape index (κ1) is 16.9. The van der Waals surface area contributed by atoms with Crippen LogP contribution in [0.15, 0.2) is 35.3 Å². The number of amides is 2. The summed E-state index contributed by atoms with van der Waals surface area (Å²) in [6.45, 7) is 4.87. The predicted molar refractivity (Wildman–Crippen MR) is 80.9 cm³/mol. The van der Waals surface area contributed by atoms with Gasteiger partial charge in [0.05, 0.1) is 0 Å². The Hall–Kier alpha value is -2.15. The zero-order chi connectivity index (χ0) is 16.0. The number of rotatable bonds is 6. The van der Waals surface area contributed by atoms with Crippen LogP contribution >= 0.6 is 15.9 Å². The molecule has 0 aliphatic heterocycles. The monoisotopic (exact) mass is 354 g/mol. The van der Waals surface area contributed by atoms with Crippen molar-refractivity contribution in [2.45, 2.75) is 19.4 Å². The Kier molecular flexibility index (Phi) is 6.10. The van der Waals surface area contributed by atoms with Crippen LogP contribution in [0.5, 0.6) is 5.75 Å². The van der Waals surface area contributed by atoms with E-state index in [1.807, 2.05) is 0 Å². The zero-order valence-corrected chi connectivity index (χ0v) is 13.0. The van der Waals surface area contributed by atoms with Crippen molar-refractivity contribution >= 4 is 33.7 Å². The summed E-state index contributed by atoms with van der Waals surface area (Å²) in [5.74, 6) is -1.41. The van der Waals surface area contributed by atoms with Gasteiger partial charge in [0.1, 0.15) is 11.8 Å². The van der Waals surface area contributed by atoms with E-state index in [9.17, 15) is 14.4 Å². The summed E-state index contributed by atoms with van der Waals surface area (Å²) in [5.41, 5.74) is 5.47. The summed E-state index contributed by atoms with van der Waals surface area (Å²) in [5, 5.41) is 2.50. The number of carbonyl (C=O) groups excluding carboxylic acids is 3. The summed E-state index contributed by atoms with van der Waals surface area (Å²) in [4.78, 5) is 34.2. The topological polar surface area (TPSA) is 98.5 Å². The third-order valence-electron chi connectivity index (χ3n) is 2.43. The van der Waals surface area contributed by atoms with Gasteiger partial charge in [-0.1, -0.05) is 28.6 Å². The molecule has 0 aliphatic rings. The number of nitrogens with two attached hydrogens (primary N) is 1. The van der Waals surface area contributed by atoms with Gasteiger partial charge in [-0.2, -0.15) is 0 Å². The number of carbonyl (C=O) groups is 3. The van der Waals surface area contributed by atoms with Crippen molar-refractivity contribution in [2.24, 2.45) is 5.73 Å². The molecule has 0 unspecified atom stereocenters.